The maximum Gasteiger partial charge on any atom is 0.311 e. The molecule has 1 aliphatic rings. The number of anilines is 2. The highest BCUT2D eigenvalue weighted by molar-refractivity contribution is 5.60. The number of nitro groups is 1. The molecule has 1 aromatic rings. The highest BCUT2D eigenvalue weighted by Crippen LogP contribution is 2.24. The number of nitrogens with zero attached hydrogens (tertiary/aromatic N) is 2. The molecular formula is C13H20N4O3. The minimum absolute atomic E-state index is 0.00922. The maximum absolute atomic E-state index is 11.0. The Morgan fingerprint density at radius 3 is 3.00 bits per heavy atom. The number of ether oxygens (including phenoxy) is 1. The zero-order chi connectivity index (χ0) is 14.4. The molecule has 1 fully saturated rings. The summed E-state index contributed by atoms with van der Waals surface area (Å²) >= 11 is 0. The van der Waals surface area contributed by atoms with Crippen molar-refractivity contribution < 1.29 is 9.66 Å². The molecule has 0 radical (unpaired) electrons. The Kier molecular flexibility index (Phi) is 5.11. The fraction of sp³-hybridized carbons (Fsp3) is 0.615. The summed E-state index contributed by atoms with van der Waals surface area (Å²) in [4.78, 5) is 14.9. The molecule has 0 aliphatic carbocycles. The molecular weight excluding hydrogens is 260 g/mol. The largest absolute Gasteiger partial charge is 0.376 e. The van der Waals surface area contributed by atoms with Gasteiger partial charge < -0.3 is 15.4 Å². The van der Waals surface area contributed by atoms with Crippen molar-refractivity contribution in [3.8, 4) is 0 Å². The van der Waals surface area contributed by atoms with Gasteiger partial charge in [0, 0.05) is 25.8 Å². The van der Waals surface area contributed by atoms with Crippen LogP contribution in [0.2, 0.25) is 0 Å². The van der Waals surface area contributed by atoms with Crippen LogP contribution < -0.4 is 10.6 Å². The van der Waals surface area contributed by atoms with E-state index in [9.17, 15) is 10.1 Å². The Bertz CT molecular complexity index is 461. The molecule has 1 saturated heterocycles. The van der Waals surface area contributed by atoms with E-state index in [0.29, 0.717) is 18.2 Å². The molecule has 2 N–H and O–H groups in total. The molecule has 0 amide bonds. The predicted octanol–water partition coefficient (Wildman–Crippen LogP) is 2.40. The second kappa shape index (κ2) is 7.04. The van der Waals surface area contributed by atoms with Crippen molar-refractivity contribution in [2.24, 2.45) is 0 Å². The molecule has 1 atom stereocenters. The average Bonchev–Trinajstić information content (AvgIpc) is 2.96. The van der Waals surface area contributed by atoms with Crippen molar-refractivity contribution in [3.63, 3.8) is 0 Å². The van der Waals surface area contributed by atoms with Crippen molar-refractivity contribution >= 4 is 17.3 Å². The first kappa shape index (κ1) is 14.5. The van der Waals surface area contributed by atoms with Crippen LogP contribution in [0.5, 0.6) is 0 Å². The third kappa shape index (κ3) is 3.80. The van der Waals surface area contributed by atoms with Crippen LogP contribution in [0.3, 0.4) is 0 Å². The fourth-order valence-corrected chi connectivity index (χ4v) is 2.10. The molecule has 0 saturated carbocycles. The van der Waals surface area contributed by atoms with Gasteiger partial charge in [-0.25, -0.2) is 4.98 Å². The van der Waals surface area contributed by atoms with E-state index in [2.05, 4.69) is 22.5 Å². The van der Waals surface area contributed by atoms with Crippen molar-refractivity contribution in [3.05, 3.63) is 22.2 Å². The van der Waals surface area contributed by atoms with E-state index in [-0.39, 0.29) is 11.8 Å². The molecule has 7 nitrogen and oxygen atoms in total. The van der Waals surface area contributed by atoms with Crippen LogP contribution in [-0.2, 0) is 4.74 Å². The van der Waals surface area contributed by atoms with Gasteiger partial charge in [0.25, 0.3) is 0 Å². The summed E-state index contributed by atoms with van der Waals surface area (Å²) in [5, 5.41) is 17.2. The minimum atomic E-state index is -0.422. The van der Waals surface area contributed by atoms with Crippen molar-refractivity contribution in [1.29, 1.82) is 0 Å². The van der Waals surface area contributed by atoms with Gasteiger partial charge in [0.15, 0.2) is 0 Å². The van der Waals surface area contributed by atoms with Crippen LogP contribution in [0.15, 0.2) is 12.1 Å². The first-order chi connectivity index (χ1) is 9.70. The zero-order valence-corrected chi connectivity index (χ0v) is 11.6. The van der Waals surface area contributed by atoms with Gasteiger partial charge in [-0.1, -0.05) is 6.92 Å². The summed E-state index contributed by atoms with van der Waals surface area (Å²) in [5.41, 5.74) is -0.00922. The van der Waals surface area contributed by atoms with E-state index in [1.54, 1.807) is 6.07 Å². The number of hydrogen-bond acceptors (Lipinski definition) is 6. The Morgan fingerprint density at radius 2 is 2.35 bits per heavy atom. The monoisotopic (exact) mass is 280 g/mol. The van der Waals surface area contributed by atoms with Crippen molar-refractivity contribution in [2.75, 3.05) is 30.3 Å². The predicted molar refractivity (Wildman–Crippen MR) is 77.1 cm³/mol. The number of aromatic nitrogens is 1. The van der Waals surface area contributed by atoms with E-state index in [0.717, 1.165) is 32.4 Å². The molecule has 0 bridgehead atoms. The molecule has 1 aromatic heterocycles. The van der Waals surface area contributed by atoms with E-state index >= 15 is 0 Å². The lowest BCUT2D eigenvalue weighted by atomic mass is 10.2. The van der Waals surface area contributed by atoms with Crippen LogP contribution in [-0.4, -0.2) is 35.7 Å². The molecule has 1 unspecified atom stereocenters. The standard InChI is InChI=1S/C13H20N4O3/c1-2-7-14-12-6-5-11(17(18)19)13(16-12)15-9-10-4-3-8-20-10/h5-6,10H,2-4,7-9H2,1H3,(H2,14,15,16). The van der Waals surface area contributed by atoms with Crippen molar-refractivity contribution in [1.82, 2.24) is 4.98 Å². The first-order valence-electron chi connectivity index (χ1n) is 6.95. The van der Waals surface area contributed by atoms with Crippen LogP contribution >= 0.6 is 0 Å². The highest BCUT2D eigenvalue weighted by Gasteiger charge is 2.19. The normalized spacial score (nSPS) is 17.9. The van der Waals surface area contributed by atoms with Crippen LogP contribution in [0.25, 0.3) is 0 Å². The first-order valence-corrected chi connectivity index (χ1v) is 6.95. The van der Waals surface area contributed by atoms with Gasteiger partial charge in [-0.2, -0.15) is 0 Å². The molecule has 2 rings (SSSR count). The average molecular weight is 280 g/mol. The number of pyridine rings is 1. The van der Waals surface area contributed by atoms with Gasteiger partial charge in [0.05, 0.1) is 11.0 Å². The molecule has 2 heterocycles. The molecule has 7 heteroatoms. The second-order valence-electron chi connectivity index (χ2n) is 4.76. The summed E-state index contributed by atoms with van der Waals surface area (Å²) in [6, 6.07) is 3.11. The maximum atomic E-state index is 11.0. The summed E-state index contributed by atoms with van der Waals surface area (Å²) < 4.78 is 5.49. The Labute approximate surface area is 117 Å². The Balaban J connectivity index is 2.06. The summed E-state index contributed by atoms with van der Waals surface area (Å²) in [6.07, 6.45) is 3.11. The van der Waals surface area contributed by atoms with Crippen LogP contribution in [0.4, 0.5) is 17.3 Å². The fourth-order valence-electron chi connectivity index (χ4n) is 2.10. The van der Waals surface area contributed by atoms with Crippen LogP contribution in [0, 0.1) is 10.1 Å². The second-order valence-corrected chi connectivity index (χ2v) is 4.76. The molecule has 110 valence electrons. The minimum Gasteiger partial charge on any atom is -0.376 e. The van der Waals surface area contributed by atoms with Gasteiger partial charge in [-0.05, 0) is 25.3 Å². The summed E-state index contributed by atoms with van der Waals surface area (Å²) in [6.45, 7) is 4.15. The molecule has 20 heavy (non-hydrogen) atoms. The summed E-state index contributed by atoms with van der Waals surface area (Å²) in [5.74, 6) is 0.943. The Hall–Kier alpha value is -1.89. The van der Waals surface area contributed by atoms with Gasteiger partial charge in [0.2, 0.25) is 5.82 Å². The van der Waals surface area contributed by atoms with E-state index in [4.69, 9.17) is 4.74 Å². The molecule has 0 aromatic carbocycles. The third-order valence-corrected chi connectivity index (χ3v) is 3.15. The van der Waals surface area contributed by atoms with E-state index < -0.39 is 4.92 Å². The number of nitrogens with one attached hydrogen (secondary N) is 2. The summed E-state index contributed by atoms with van der Waals surface area (Å²) in [7, 11) is 0. The lowest BCUT2D eigenvalue weighted by molar-refractivity contribution is -0.384. The van der Waals surface area contributed by atoms with Gasteiger partial charge in [-0.3, -0.25) is 10.1 Å². The Morgan fingerprint density at radius 1 is 1.50 bits per heavy atom. The lowest BCUT2D eigenvalue weighted by Crippen LogP contribution is -2.19. The number of hydrogen-bond donors (Lipinski definition) is 2. The topological polar surface area (TPSA) is 89.3 Å². The van der Waals surface area contributed by atoms with Gasteiger partial charge >= 0.3 is 5.69 Å². The SMILES string of the molecule is CCCNc1ccc([N+](=O)[O-])c(NCC2CCCO2)n1. The van der Waals surface area contributed by atoms with Gasteiger partial charge in [0.1, 0.15) is 5.82 Å². The van der Waals surface area contributed by atoms with Gasteiger partial charge in [-0.15, -0.1) is 0 Å². The molecule has 0 spiro atoms. The zero-order valence-electron chi connectivity index (χ0n) is 11.6. The molecule has 1 aliphatic heterocycles. The highest BCUT2D eigenvalue weighted by atomic mass is 16.6. The van der Waals surface area contributed by atoms with E-state index in [1.807, 2.05) is 0 Å². The van der Waals surface area contributed by atoms with Crippen molar-refractivity contribution in [2.45, 2.75) is 32.3 Å². The smallest absolute Gasteiger partial charge is 0.311 e. The van der Waals surface area contributed by atoms with E-state index in [1.165, 1.54) is 6.07 Å². The van der Waals surface area contributed by atoms with Crippen LogP contribution in [0.1, 0.15) is 26.2 Å². The third-order valence-electron chi connectivity index (χ3n) is 3.15. The number of rotatable bonds is 7. The quantitative estimate of drug-likeness (QED) is 0.589. The lowest BCUT2D eigenvalue weighted by Gasteiger charge is -2.12.